The van der Waals surface area contributed by atoms with Gasteiger partial charge in [-0.05, 0) is 63.9 Å². The molecule has 4 aromatic heterocycles. The van der Waals surface area contributed by atoms with Crippen LogP contribution in [0.15, 0.2) is 53.3 Å². The molecule has 2 amide bonds. The minimum absolute atomic E-state index is 0.0862. The van der Waals surface area contributed by atoms with Crippen molar-refractivity contribution in [3.8, 4) is 28.7 Å². The summed E-state index contributed by atoms with van der Waals surface area (Å²) in [6.45, 7) is 17.6. The monoisotopic (exact) mass is 690 g/mol. The number of nitrogens with one attached hydrogen (secondary N) is 1. The first-order valence-electron chi connectivity index (χ1n) is 16.8. The molecule has 14 heteroatoms. The van der Waals surface area contributed by atoms with Crippen LogP contribution in [0.3, 0.4) is 0 Å². The highest BCUT2D eigenvalue weighted by molar-refractivity contribution is 5.89. The Morgan fingerprint density at radius 3 is 2.29 bits per heavy atom. The van der Waals surface area contributed by atoms with Gasteiger partial charge in [0.15, 0.2) is 5.82 Å². The molecule has 0 spiro atoms. The number of nitriles is 1. The maximum absolute atomic E-state index is 12.9. The van der Waals surface area contributed by atoms with Gasteiger partial charge in [0, 0.05) is 55.0 Å². The summed E-state index contributed by atoms with van der Waals surface area (Å²) in [6.07, 6.45) is 3.01. The highest BCUT2D eigenvalue weighted by Gasteiger charge is 2.27. The number of aromatic nitrogens is 6. The van der Waals surface area contributed by atoms with E-state index in [1.807, 2.05) is 91.8 Å². The minimum Gasteiger partial charge on any atom is -0.444 e. The third-order valence-electron chi connectivity index (χ3n) is 8.54. The fourth-order valence-corrected chi connectivity index (χ4v) is 5.86. The van der Waals surface area contributed by atoms with Gasteiger partial charge in [-0.1, -0.05) is 38.1 Å². The van der Waals surface area contributed by atoms with E-state index < -0.39 is 11.5 Å². The van der Waals surface area contributed by atoms with Crippen molar-refractivity contribution in [3.05, 3.63) is 77.3 Å². The van der Waals surface area contributed by atoms with E-state index in [-0.39, 0.29) is 23.4 Å². The van der Waals surface area contributed by atoms with Gasteiger partial charge in [-0.25, -0.2) is 19.7 Å². The molecule has 0 saturated carbocycles. The normalized spacial score (nSPS) is 14.3. The van der Waals surface area contributed by atoms with Crippen LogP contribution in [0.4, 0.5) is 10.6 Å². The van der Waals surface area contributed by atoms with Gasteiger partial charge in [-0.15, -0.1) is 0 Å². The molecule has 51 heavy (non-hydrogen) atoms. The molecule has 5 aromatic rings. The maximum Gasteiger partial charge on any atom is 0.410 e. The molecule has 264 valence electrons. The van der Waals surface area contributed by atoms with Crippen molar-refractivity contribution in [2.45, 2.75) is 72.4 Å². The molecule has 0 bridgehead atoms. The molecule has 6 rings (SSSR count). The number of carbonyl (C=O) groups is 2. The molecule has 1 fully saturated rings. The molecule has 1 aromatic carbocycles. The number of hydrogen-bond acceptors (Lipinski definition) is 11. The Balaban J connectivity index is 1.22. The highest BCUT2D eigenvalue weighted by atomic mass is 16.6. The van der Waals surface area contributed by atoms with E-state index in [4.69, 9.17) is 19.2 Å². The van der Waals surface area contributed by atoms with Crippen molar-refractivity contribution < 1.29 is 18.8 Å². The van der Waals surface area contributed by atoms with Gasteiger partial charge in [-0.3, -0.25) is 9.20 Å². The number of nitrogens with zero attached hydrogens (tertiary/aromatic N) is 9. The first-order chi connectivity index (χ1) is 24.1. The van der Waals surface area contributed by atoms with E-state index in [2.05, 4.69) is 31.4 Å². The number of amides is 2. The van der Waals surface area contributed by atoms with Gasteiger partial charge in [0.2, 0.25) is 0 Å². The number of ether oxygens (including phenoxy) is 1. The zero-order chi connectivity index (χ0) is 36.7. The molecule has 14 nitrogen and oxygen atoms in total. The lowest BCUT2D eigenvalue weighted by atomic mass is 9.96. The van der Waals surface area contributed by atoms with Crippen LogP contribution in [-0.2, 0) is 10.2 Å². The molecule has 0 unspecified atom stereocenters. The average Bonchev–Trinajstić information content (AvgIpc) is 3.76. The van der Waals surface area contributed by atoms with Crippen molar-refractivity contribution in [1.29, 1.82) is 5.26 Å². The summed E-state index contributed by atoms with van der Waals surface area (Å²) in [5.74, 6) is 1.27. The van der Waals surface area contributed by atoms with E-state index in [0.29, 0.717) is 54.9 Å². The van der Waals surface area contributed by atoms with E-state index in [9.17, 15) is 14.9 Å². The van der Waals surface area contributed by atoms with Gasteiger partial charge in [0.25, 0.3) is 0 Å². The SMILES string of the molecule is Cc1cc(-c2nc(-c3ccc(N4CCN(C(=O)OC(C)(C)C)CC4)nc3)cc3ncc(C#N)n23)ccc1[C@@H](C)NC(=O)c1nc(C(C)(C)C)no1. The Kier molecular flexibility index (Phi) is 9.24. The van der Waals surface area contributed by atoms with Gasteiger partial charge in [0.05, 0.1) is 17.9 Å². The number of fused-ring (bicyclic) bond motifs is 1. The van der Waals surface area contributed by atoms with Crippen LogP contribution in [-0.4, -0.2) is 78.2 Å². The van der Waals surface area contributed by atoms with Gasteiger partial charge in [0.1, 0.15) is 34.7 Å². The molecule has 1 atom stereocenters. The standard InChI is InChI=1S/C37H42N10O4/c1-22-17-24(9-11-27(22)23(2)41-32(48)33-43-34(44-51-33)36(3,4)5)31-42-28(18-30-40-21-26(19-38)47(30)31)25-10-12-29(39-20-25)45-13-15-46(16-14-45)35(49)50-37(6,7)8/h9-12,17-18,20-21,23H,13-16H2,1-8H3,(H,41,48)/t23-/m1/s1. The zero-order valence-electron chi connectivity index (χ0n) is 30.2. The number of aryl methyl sites for hydroxylation is 1. The Morgan fingerprint density at radius 2 is 1.69 bits per heavy atom. The van der Waals surface area contributed by atoms with Crippen LogP contribution < -0.4 is 10.2 Å². The summed E-state index contributed by atoms with van der Waals surface area (Å²) >= 11 is 0. The summed E-state index contributed by atoms with van der Waals surface area (Å²) in [7, 11) is 0. The van der Waals surface area contributed by atoms with Crippen molar-refractivity contribution in [2.24, 2.45) is 0 Å². The predicted molar refractivity (Wildman–Crippen MR) is 190 cm³/mol. The fraction of sp³-hybridized carbons (Fsp3) is 0.405. The number of pyridine rings is 1. The van der Waals surface area contributed by atoms with E-state index in [1.165, 1.54) is 6.20 Å². The lowest BCUT2D eigenvalue weighted by Gasteiger charge is -2.36. The summed E-state index contributed by atoms with van der Waals surface area (Å²) in [5.41, 5.74) is 4.07. The highest BCUT2D eigenvalue weighted by Crippen LogP contribution is 2.30. The number of anilines is 1. The topological polar surface area (TPSA) is 168 Å². The van der Waals surface area contributed by atoms with Crippen LogP contribution in [0.25, 0.3) is 28.3 Å². The number of carbonyl (C=O) groups excluding carboxylic acids is 2. The van der Waals surface area contributed by atoms with Crippen LogP contribution >= 0.6 is 0 Å². The third-order valence-corrected chi connectivity index (χ3v) is 8.54. The fourth-order valence-electron chi connectivity index (χ4n) is 5.86. The van der Waals surface area contributed by atoms with E-state index in [1.54, 1.807) is 15.5 Å². The van der Waals surface area contributed by atoms with Crippen molar-refractivity contribution >= 4 is 23.5 Å². The lowest BCUT2D eigenvalue weighted by Crippen LogP contribution is -2.50. The van der Waals surface area contributed by atoms with Crippen molar-refractivity contribution in [2.75, 3.05) is 31.1 Å². The third kappa shape index (κ3) is 7.52. The van der Waals surface area contributed by atoms with Crippen LogP contribution in [0.1, 0.15) is 87.8 Å². The second kappa shape index (κ2) is 13.5. The van der Waals surface area contributed by atoms with E-state index >= 15 is 0 Å². The Morgan fingerprint density at radius 1 is 0.961 bits per heavy atom. The first-order valence-corrected chi connectivity index (χ1v) is 16.8. The first kappa shape index (κ1) is 35.0. The van der Waals surface area contributed by atoms with Crippen LogP contribution in [0, 0.1) is 18.3 Å². The molecular weight excluding hydrogens is 648 g/mol. The molecule has 1 aliphatic rings. The van der Waals surface area contributed by atoms with Gasteiger partial charge < -0.3 is 24.4 Å². The van der Waals surface area contributed by atoms with Gasteiger partial charge in [-0.2, -0.15) is 10.2 Å². The molecule has 0 aliphatic carbocycles. The van der Waals surface area contributed by atoms with Crippen LogP contribution in [0.2, 0.25) is 0 Å². The molecule has 1 saturated heterocycles. The molecule has 0 radical (unpaired) electrons. The smallest absolute Gasteiger partial charge is 0.410 e. The second-order valence-electron chi connectivity index (χ2n) is 14.7. The maximum atomic E-state index is 12.9. The Hall–Kier alpha value is -5.84. The number of hydrogen-bond donors (Lipinski definition) is 1. The number of piperazine rings is 1. The summed E-state index contributed by atoms with van der Waals surface area (Å²) in [5, 5.41) is 16.8. The Labute approximate surface area is 296 Å². The van der Waals surface area contributed by atoms with Crippen molar-refractivity contribution in [1.82, 2.24) is 39.7 Å². The Bertz CT molecular complexity index is 2130. The molecular formula is C37H42N10O4. The molecule has 1 aliphatic heterocycles. The largest absolute Gasteiger partial charge is 0.444 e. The lowest BCUT2D eigenvalue weighted by molar-refractivity contribution is 0.0240. The number of benzene rings is 1. The van der Waals surface area contributed by atoms with Crippen molar-refractivity contribution in [3.63, 3.8) is 0 Å². The predicted octanol–water partition coefficient (Wildman–Crippen LogP) is 5.87. The van der Waals surface area contributed by atoms with E-state index in [0.717, 1.165) is 28.1 Å². The average molecular weight is 691 g/mol. The van der Waals surface area contributed by atoms with Crippen LogP contribution in [0.5, 0.6) is 0 Å². The summed E-state index contributed by atoms with van der Waals surface area (Å²) in [6, 6.07) is 13.4. The van der Waals surface area contributed by atoms with Gasteiger partial charge >= 0.3 is 17.9 Å². The number of rotatable bonds is 6. The summed E-state index contributed by atoms with van der Waals surface area (Å²) < 4.78 is 12.5. The molecule has 1 N–H and O–H groups in total. The second-order valence-corrected chi connectivity index (χ2v) is 14.7. The zero-order valence-corrected chi connectivity index (χ0v) is 30.2. The quantitative estimate of drug-likeness (QED) is 0.226. The number of imidazole rings is 1. The minimum atomic E-state index is -0.538. The summed E-state index contributed by atoms with van der Waals surface area (Å²) in [4.78, 5) is 47.8. The molecule has 5 heterocycles.